The first-order valence-corrected chi connectivity index (χ1v) is 12.4. The molecule has 36 heavy (non-hydrogen) atoms. The van der Waals surface area contributed by atoms with E-state index in [2.05, 4.69) is 77.1 Å². The quantitative estimate of drug-likeness (QED) is 0.255. The van der Waals surface area contributed by atoms with Crippen molar-refractivity contribution in [3.63, 3.8) is 0 Å². The summed E-state index contributed by atoms with van der Waals surface area (Å²) in [7, 11) is 0. The average molecular weight is 466 g/mol. The largest absolute Gasteiger partial charge is 0.278 e. The zero-order chi connectivity index (χ0) is 24.4. The molecule has 4 nitrogen and oxygen atoms in total. The maximum Gasteiger partial charge on any atom is 0.238 e. The first-order valence-electron chi connectivity index (χ1n) is 12.4. The number of aromatic nitrogens is 4. The number of hydrogen-bond donors (Lipinski definition) is 0. The van der Waals surface area contributed by atoms with Gasteiger partial charge in [0, 0.05) is 27.5 Å². The van der Waals surface area contributed by atoms with E-state index in [1.165, 1.54) is 33.0 Å². The van der Waals surface area contributed by atoms with Crippen LogP contribution in [0.15, 0.2) is 91.0 Å². The van der Waals surface area contributed by atoms with Crippen LogP contribution in [-0.4, -0.2) is 19.5 Å². The molecule has 1 atom stereocenters. The molecule has 7 rings (SSSR count). The average Bonchev–Trinajstić information content (AvgIpc) is 3.38. The van der Waals surface area contributed by atoms with Crippen LogP contribution in [0.3, 0.4) is 0 Å². The van der Waals surface area contributed by atoms with Gasteiger partial charge in [-0.2, -0.15) is 9.97 Å². The monoisotopic (exact) mass is 465 g/mol. The van der Waals surface area contributed by atoms with E-state index in [1.807, 2.05) is 37.3 Å². The summed E-state index contributed by atoms with van der Waals surface area (Å²) >= 11 is 0. The summed E-state index contributed by atoms with van der Waals surface area (Å²) < 4.78 is 2.19. The lowest BCUT2D eigenvalue weighted by molar-refractivity contribution is 0.630. The summed E-state index contributed by atoms with van der Waals surface area (Å²) in [6, 6.07) is 31.9. The van der Waals surface area contributed by atoms with Gasteiger partial charge in [0.1, 0.15) is 5.82 Å². The fourth-order valence-electron chi connectivity index (χ4n) is 5.79. The van der Waals surface area contributed by atoms with E-state index in [-0.39, 0.29) is 5.41 Å². The van der Waals surface area contributed by atoms with Crippen LogP contribution in [0, 0.1) is 13.8 Å². The van der Waals surface area contributed by atoms with Gasteiger partial charge in [-0.05, 0) is 42.7 Å². The number of benzene rings is 4. The highest BCUT2D eigenvalue weighted by Crippen LogP contribution is 2.52. The van der Waals surface area contributed by atoms with Crippen molar-refractivity contribution in [3.8, 4) is 28.5 Å². The van der Waals surface area contributed by atoms with E-state index < -0.39 is 0 Å². The van der Waals surface area contributed by atoms with Crippen LogP contribution in [0.4, 0.5) is 0 Å². The summed E-state index contributed by atoms with van der Waals surface area (Å²) in [5, 5.41) is 2.38. The molecule has 0 saturated carbocycles. The minimum atomic E-state index is -0.286. The first-order chi connectivity index (χ1) is 17.6. The highest BCUT2D eigenvalue weighted by molar-refractivity contribution is 6.11. The molecular formula is C32H25N4+. The zero-order valence-corrected chi connectivity index (χ0v) is 20.4. The van der Waals surface area contributed by atoms with Crippen LogP contribution in [0.25, 0.3) is 50.3 Å². The van der Waals surface area contributed by atoms with Gasteiger partial charge in [-0.15, -0.1) is 0 Å². The summed E-state index contributed by atoms with van der Waals surface area (Å²) in [4.78, 5) is 14.4. The van der Waals surface area contributed by atoms with E-state index in [0.29, 0.717) is 17.6 Å². The van der Waals surface area contributed by atoms with Gasteiger partial charge in [0.2, 0.25) is 5.95 Å². The molecule has 172 valence electrons. The minimum Gasteiger partial charge on any atom is -0.278 e. The Hall–Kier alpha value is -4.44. The van der Waals surface area contributed by atoms with Crippen molar-refractivity contribution in [2.45, 2.75) is 25.7 Å². The van der Waals surface area contributed by atoms with Gasteiger partial charge < -0.3 is 0 Å². The van der Waals surface area contributed by atoms with Gasteiger partial charge in [0.15, 0.2) is 11.2 Å². The smallest absolute Gasteiger partial charge is 0.238 e. The molecular weight excluding hydrogens is 440 g/mol. The third kappa shape index (κ3) is 2.81. The molecule has 0 aliphatic heterocycles. The maximum absolute atomic E-state index is 4.96. The standard InChI is InChI=1S/C32H25N4/c1-4-32(3)26-16-10-8-14-22(26)24-18-25-23-15-9-11-17-28(23)36(29(25)19-27(24)32)31-34-20(2)33-30(35-31)21-12-6-5-7-13-21/h5-19H,3-4H2,1-2H3/q+1. The molecule has 0 saturated heterocycles. The Morgan fingerprint density at radius 3 is 2.31 bits per heavy atom. The lowest BCUT2D eigenvalue weighted by Crippen LogP contribution is -2.19. The second kappa shape index (κ2) is 7.53. The molecule has 0 amide bonds. The van der Waals surface area contributed by atoms with E-state index in [0.717, 1.165) is 23.0 Å². The number of para-hydroxylation sites is 1. The van der Waals surface area contributed by atoms with Crippen molar-refractivity contribution in [2.75, 3.05) is 0 Å². The molecule has 1 aliphatic carbocycles. The third-order valence-electron chi connectivity index (χ3n) is 7.63. The molecule has 0 fully saturated rings. The van der Waals surface area contributed by atoms with Gasteiger partial charge in [0.05, 0.1) is 18.0 Å². The third-order valence-corrected chi connectivity index (χ3v) is 7.63. The van der Waals surface area contributed by atoms with Crippen LogP contribution in [0.5, 0.6) is 0 Å². The predicted molar refractivity (Wildman–Crippen MR) is 146 cm³/mol. The van der Waals surface area contributed by atoms with Crippen molar-refractivity contribution in [1.82, 2.24) is 19.5 Å². The molecule has 2 heterocycles. The molecule has 0 radical (unpaired) electrons. The van der Waals surface area contributed by atoms with Gasteiger partial charge in [-0.3, -0.25) is 4.57 Å². The van der Waals surface area contributed by atoms with Gasteiger partial charge in [0.25, 0.3) is 0 Å². The molecule has 2 aromatic heterocycles. The number of hydrogen-bond acceptors (Lipinski definition) is 3. The van der Waals surface area contributed by atoms with Gasteiger partial charge in [-0.1, -0.05) is 79.7 Å². The predicted octanol–water partition coefficient (Wildman–Crippen LogP) is 7.45. The normalized spacial score (nSPS) is 16.4. The van der Waals surface area contributed by atoms with Gasteiger partial charge in [-0.25, -0.2) is 4.98 Å². The molecule has 0 N–H and O–H groups in total. The van der Waals surface area contributed by atoms with E-state index in [4.69, 9.17) is 16.9 Å². The summed E-state index contributed by atoms with van der Waals surface area (Å²) in [5.74, 6) is 2.00. The Morgan fingerprint density at radius 1 is 0.722 bits per heavy atom. The van der Waals surface area contributed by atoms with Crippen LogP contribution >= 0.6 is 0 Å². The summed E-state index contributed by atoms with van der Waals surface area (Å²) in [5.41, 5.74) is 7.98. The maximum atomic E-state index is 4.96. The number of nitrogens with zero attached hydrogens (tertiary/aromatic N) is 4. The van der Waals surface area contributed by atoms with E-state index in [1.54, 1.807) is 0 Å². The topological polar surface area (TPSA) is 43.6 Å². The van der Waals surface area contributed by atoms with Crippen LogP contribution in [-0.2, 0) is 5.41 Å². The van der Waals surface area contributed by atoms with Crippen molar-refractivity contribution in [3.05, 3.63) is 115 Å². The fourth-order valence-corrected chi connectivity index (χ4v) is 5.79. The molecule has 0 bridgehead atoms. The van der Waals surface area contributed by atoms with Crippen molar-refractivity contribution < 1.29 is 0 Å². The second-order valence-corrected chi connectivity index (χ2v) is 9.62. The molecule has 1 unspecified atom stereocenters. The Labute approximate surface area is 210 Å². The molecule has 1 aliphatic rings. The fraction of sp³-hybridized carbons (Fsp3) is 0.125. The molecule has 0 spiro atoms. The van der Waals surface area contributed by atoms with Crippen molar-refractivity contribution in [2.24, 2.45) is 0 Å². The lowest BCUT2D eigenvalue weighted by Gasteiger charge is -2.18. The highest BCUT2D eigenvalue weighted by atomic mass is 15.2. The number of aryl methyl sites for hydroxylation is 1. The molecule has 4 heteroatoms. The number of fused-ring (bicyclic) bond motifs is 6. The van der Waals surface area contributed by atoms with Crippen LogP contribution < -0.4 is 0 Å². The van der Waals surface area contributed by atoms with Gasteiger partial charge >= 0.3 is 0 Å². The van der Waals surface area contributed by atoms with E-state index >= 15 is 0 Å². The summed E-state index contributed by atoms with van der Waals surface area (Å²) in [6.07, 6.45) is 0.922. The Morgan fingerprint density at radius 2 is 1.47 bits per heavy atom. The molecule has 6 aromatic rings. The van der Waals surface area contributed by atoms with Crippen molar-refractivity contribution >= 4 is 21.8 Å². The second-order valence-electron chi connectivity index (χ2n) is 9.62. The molecule has 4 aromatic carbocycles. The zero-order valence-electron chi connectivity index (χ0n) is 20.4. The Kier molecular flexibility index (Phi) is 4.37. The SMILES string of the molecule is [CH2+]C1(CC)c2ccccc2-c2cc3c4ccccc4n(-c4nc(C)nc(-c5ccccc5)n4)c3cc21. The Balaban J connectivity index is 1.57. The summed E-state index contributed by atoms with van der Waals surface area (Å²) in [6.45, 7) is 8.90. The minimum absolute atomic E-state index is 0.286. The van der Waals surface area contributed by atoms with Crippen LogP contribution in [0.1, 0.15) is 30.3 Å². The first kappa shape index (κ1) is 20.9. The highest BCUT2D eigenvalue weighted by Gasteiger charge is 2.44. The lowest BCUT2D eigenvalue weighted by atomic mass is 9.78. The van der Waals surface area contributed by atoms with E-state index in [9.17, 15) is 0 Å². The van der Waals surface area contributed by atoms with Crippen molar-refractivity contribution in [1.29, 1.82) is 0 Å². The Bertz CT molecular complexity index is 1800. The number of rotatable bonds is 3. The van der Waals surface area contributed by atoms with Crippen LogP contribution in [0.2, 0.25) is 0 Å².